The number of aryl methyl sites for hydroxylation is 1. The third-order valence-electron chi connectivity index (χ3n) is 6.88. The molecular formula is C31H36Cl2N2. The highest BCUT2D eigenvalue weighted by atomic mass is 35.5. The summed E-state index contributed by atoms with van der Waals surface area (Å²) < 4.78 is 2.56. The molecule has 35 heavy (non-hydrogen) atoms. The molecule has 184 valence electrons. The molecule has 0 saturated heterocycles. The SMILES string of the molecule is CCCC(CCC)n1c(C)cc(C(c2ccc(Cl)cc2)c2ccc(Cl)cc2)cccnc1C1CC1. The molecule has 3 aromatic rings. The Hall–Kier alpha value is -2.29. The first-order chi connectivity index (χ1) is 17.0. The summed E-state index contributed by atoms with van der Waals surface area (Å²) in [6, 6.07) is 23.6. The van der Waals surface area contributed by atoms with Crippen LogP contribution in [0.3, 0.4) is 0 Å². The Balaban J connectivity index is 1.94. The van der Waals surface area contributed by atoms with Crippen LogP contribution in [-0.2, 0) is 0 Å². The van der Waals surface area contributed by atoms with Crippen molar-refractivity contribution in [1.82, 2.24) is 9.55 Å². The summed E-state index contributed by atoms with van der Waals surface area (Å²) in [7, 11) is 0. The molecule has 4 heteroatoms. The molecule has 0 unspecified atom stereocenters. The normalized spacial score (nSPS) is 13.3. The smallest absolute Gasteiger partial charge is 0.112 e. The fourth-order valence-electron chi connectivity index (χ4n) is 5.13. The van der Waals surface area contributed by atoms with Crippen LogP contribution in [0.5, 0.6) is 0 Å². The first-order valence-electron chi connectivity index (χ1n) is 12.9. The van der Waals surface area contributed by atoms with E-state index in [1.165, 1.54) is 66.7 Å². The summed E-state index contributed by atoms with van der Waals surface area (Å²) in [6.07, 6.45) is 9.14. The second-order valence-electron chi connectivity index (χ2n) is 9.69. The molecule has 0 radical (unpaired) electrons. The van der Waals surface area contributed by atoms with Crippen molar-refractivity contribution in [2.24, 2.45) is 0 Å². The molecule has 1 aliphatic carbocycles. The van der Waals surface area contributed by atoms with Crippen LogP contribution in [0.15, 0.2) is 72.9 Å². The van der Waals surface area contributed by atoms with Gasteiger partial charge in [-0.3, -0.25) is 0 Å². The van der Waals surface area contributed by atoms with Crippen molar-refractivity contribution in [3.63, 3.8) is 0 Å². The number of halogens is 2. The fourth-order valence-corrected chi connectivity index (χ4v) is 5.38. The topological polar surface area (TPSA) is 17.8 Å². The number of hydrogen-bond donors (Lipinski definition) is 0. The maximum atomic E-state index is 6.25. The van der Waals surface area contributed by atoms with E-state index in [1.54, 1.807) is 0 Å². The van der Waals surface area contributed by atoms with E-state index in [1.807, 2.05) is 30.5 Å². The van der Waals surface area contributed by atoms with Gasteiger partial charge in [0.1, 0.15) is 5.82 Å². The minimum atomic E-state index is 0.0595. The molecule has 0 amide bonds. The zero-order valence-electron chi connectivity index (χ0n) is 21.1. The summed E-state index contributed by atoms with van der Waals surface area (Å²) in [4.78, 5) is 5.03. The van der Waals surface area contributed by atoms with Gasteiger partial charge in [-0.15, -0.1) is 0 Å². The zero-order chi connectivity index (χ0) is 24.8. The van der Waals surface area contributed by atoms with E-state index < -0.39 is 0 Å². The van der Waals surface area contributed by atoms with Crippen LogP contribution in [0.4, 0.5) is 0 Å². The van der Waals surface area contributed by atoms with Crippen LogP contribution in [0, 0.1) is 6.92 Å². The highest BCUT2D eigenvalue weighted by Gasteiger charge is 2.29. The highest BCUT2D eigenvalue weighted by Crippen LogP contribution is 2.41. The maximum absolute atomic E-state index is 6.25. The molecule has 4 rings (SSSR count). The average molecular weight is 508 g/mol. The van der Waals surface area contributed by atoms with E-state index in [0.717, 1.165) is 10.0 Å². The summed E-state index contributed by atoms with van der Waals surface area (Å²) >= 11 is 12.5. The third kappa shape index (κ3) is 6.48. The van der Waals surface area contributed by atoms with Gasteiger partial charge in [0.05, 0.1) is 0 Å². The standard InChI is InChI=1S/C31H36Cl2N2/c1-4-7-29(8-5-2)35-22(3)21-26(9-6-20-34-31(35)25-10-11-25)30(23-12-16-27(32)17-13-23)24-14-18-28(33)19-15-24/h6,9,12-21,25,29-30H,4-5,7-8,10-11H2,1-3H3. The molecular weight excluding hydrogens is 471 g/mol. The van der Waals surface area contributed by atoms with E-state index in [0.29, 0.717) is 12.0 Å². The largest absolute Gasteiger partial charge is 0.331 e. The molecule has 1 fully saturated rings. The molecule has 1 saturated carbocycles. The highest BCUT2D eigenvalue weighted by molar-refractivity contribution is 6.30. The van der Waals surface area contributed by atoms with Crippen molar-refractivity contribution in [2.75, 3.05) is 0 Å². The third-order valence-corrected chi connectivity index (χ3v) is 7.38. The van der Waals surface area contributed by atoms with E-state index in [4.69, 9.17) is 28.2 Å². The lowest BCUT2D eigenvalue weighted by Gasteiger charge is -2.25. The minimum absolute atomic E-state index is 0.0595. The Morgan fingerprint density at radius 1 is 0.829 bits per heavy atom. The Labute approximate surface area is 220 Å². The van der Waals surface area contributed by atoms with Crippen LogP contribution < -0.4 is 0 Å². The van der Waals surface area contributed by atoms with E-state index in [9.17, 15) is 0 Å². The van der Waals surface area contributed by atoms with Gasteiger partial charge in [-0.2, -0.15) is 0 Å². The number of nitrogens with zero attached hydrogens (tertiary/aromatic N) is 2. The molecule has 0 spiro atoms. The van der Waals surface area contributed by atoms with Crippen LogP contribution >= 0.6 is 23.2 Å². The van der Waals surface area contributed by atoms with Crippen LogP contribution in [0.25, 0.3) is 0 Å². The molecule has 2 aromatic carbocycles. The Morgan fingerprint density at radius 3 is 1.86 bits per heavy atom. The summed E-state index contributed by atoms with van der Waals surface area (Å²) in [6.45, 7) is 6.83. The molecule has 1 aliphatic rings. The summed E-state index contributed by atoms with van der Waals surface area (Å²) in [5, 5.41) is 1.49. The van der Waals surface area contributed by atoms with Gasteiger partial charge in [0.25, 0.3) is 0 Å². The van der Waals surface area contributed by atoms with Crippen molar-refractivity contribution >= 4 is 23.2 Å². The van der Waals surface area contributed by atoms with E-state index >= 15 is 0 Å². The number of benzene rings is 2. The minimum Gasteiger partial charge on any atom is -0.331 e. The van der Waals surface area contributed by atoms with Crippen LogP contribution in [0.1, 0.15) is 98.5 Å². The Bertz CT molecular complexity index is 1110. The zero-order valence-corrected chi connectivity index (χ0v) is 22.6. The number of aromatic nitrogens is 2. The van der Waals surface area contributed by atoms with Crippen molar-refractivity contribution in [2.45, 2.75) is 77.2 Å². The lowest BCUT2D eigenvalue weighted by Crippen LogP contribution is -2.16. The molecule has 0 N–H and O–H groups in total. The maximum Gasteiger partial charge on any atom is 0.112 e. The summed E-state index contributed by atoms with van der Waals surface area (Å²) in [5.41, 5.74) is 4.90. The molecule has 2 nitrogen and oxygen atoms in total. The van der Waals surface area contributed by atoms with Gasteiger partial charge in [0.15, 0.2) is 0 Å². The van der Waals surface area contributed by atoms with E-state index in [-0.39, 0.29) is 5.92 Å². The van der Waals surface area contributed by atoms with Crippen molar-refractivity contribution in [1.29, 1.82) is 0 Å². The van der Waals surface area contributed by atoms with Gasteiger partial charge in [0, 0.05) is 39.8 Å². The lowest BCUT2D eigenvalue weighted by atomic mass is 9.85. The predicted molar refractivity (Wildman–Crippen MR) is 149 cm³/mol. The first-order valence-corrected chi connectivity index (χ1v) is 13.7. The van der Waals surface area contributed by atoms with Crippen LogP contribution in [0.2, 0.25) is 10.0 Å². The number of rotatable bonds is 9. The van der Waals surface area contributed by atoms with Crippen molar-refractivity contribution in [3.8, 4) is 0 Å². The predicted octanol–water partition coefficient (Wildman–Crippen LogP) is 9.82. The van der Waals surface area contributed by atoms with Gasteiger partial charge in [-0.25, -0.2) is 4.98 Å². The Kier molecular flexibility index (Phi) is 8.92. The molecule has 0 bridgehead atoms. The second-order valence-corrected chi connectivity index (χ2v) is 10.6. The van der Waals surface area contributed by atoms with Crippen molar-refractivity contribution in [3.05, 3.63) is 111 Å². The summed E-state index contributed by atoms with van der Waals surface area (Å²) in [5.74, 6) is 1.87. The molecule has 0 aliphatic heterocycles. The van der Waals surface area contributed by atoms with Gasteiger partial charge >= 0.3 is 0 Å². The van der Waals surface area contributed by atoms with E-state index in [2.05, 4.69) is 67.8 Å². The first kappa shape index (κ1) is 25.8. The van der Waals surface area contributed by atoms with Gasteiger partial charge in [-0.1, -0.05) is 80.2 Å². The molecule has 1 aromatic heterocycles. The Morgan fingerprint density at radius 2 is 1.37 bits per heavy atom. The lowest BCUT2D eigenvalue weighted by molar-refractivity contribution is 0.401. The van der Waals surface area contributed by atoms with Gasteiger partial charge < -0.3 is 4.57 Å². The number of hydrogen-bond acceptors (Lipinski definition) is 1. The second kappa shape index (κ2) is 12.1. The quantitative estimate of drug-likeness (QED) is 0.282. The average Bonchev–Trinajstić information content (AvgIpc) is 3.68. The molecule has 0 atom stereocenters. The monoisotopic (exact) mass is 506 g/mol. The van der Waals surface area contributed by atoms with Crippen LogP contribution in [-0.4, -0.2) is 9.55 Å². The van der Waals surface area contributed by atoms with Gasteiger partial charge in [-0.05, 0) is 85.7 Å². The fraction of sp³-hybridized carbons (Fsp3) is 0.387. The molecule has 1 heterocycles. The van der Waals surface area contributed by atoms with Crippen molar-refractivity contribution < 1.29 is 0 Å². The van der Waals surface area contributed by atoms with Gasteiger partial charge in [0.2, 0.25) is 0 Å².